The molecule has 1 N–H and O–H groups in total. The van der Waals surface area contributed by atoms with Crippen molar-refractivity contribution in [1.29, 1.82) is 0 Å². The fourth-order valence-corrected chi connectivity index (χ4v) is 5.53. The normalized spacial score (nSPS) is 15.0. The van der Waals surface area contributed by atoms with Gasteiger partial charge in [0.1, 0.15) is 5.65 Å². The highest BCUT2D eigenvalue weighted by molar-refractivity contribution is 5.83. The third kappa shape index (κ3) is 5.45. The van der Waals surface area contributed by atoms with E-state index in [-0.39, 0.29) is 16.8 Å². The number of halogens is 3. The molecule has 1 aliphatic rings. The fourth-order valence-electron chi connectivity index (χ4n) is 5.53. The van der Waals surface area contributed by atoms with Gasteiger partial charge in [-0.05, 0) is 55.1 Å². The first-order valence-corrected chi connectivity index (χ1v) is 14.2. The molecule has 11 heteroatoms. The van der Waals surface area contributed by atoms with Crippen molar-refractivity contribution in [2.75, 3.05) is 38.1 Å². The zero-order chi connectivity index (χ0) is 30.7. The van der Waals surface area contributed by atoms with Crippen LogP contribution in [0.25, 0.3) is 39.2 Å². The number of aromatic nitrogens is 5. The number of H-pyrrole nitrogens is 1. The van der Waals surface area contributed by atoms with Crippen LogP contribution in [0.3, 0.4) is 0 Å². The largest absolute Gasteiger partial charge is 0.418 e. The van der Waals surface area contributed by atoms with Gasteiger partial charge in [-0.2, -0.15) is 13.2 Å². The number of piperazine rings is 1. The van der Waals surface area contributed by atoms with Crippen LogP contribution in [-0.2, 0) is 18.6 Å². The van der Waals surface area contributed by atoms with Gasteiger partial charge in [-0.1, -0.05) is 20.8 Å². The lowest BCUT2D eigenvalue weighted by Gasteiger charge is -2.35. The van der Waals surface area contributed by atoms with E-state index < -0.39 is 17.4 Å². The standard InChI is InChI=1S/C32H34F3N7O/c1-31(2,3)28-16-21-14-22(18-37-29(21)38-28)20-8-9-36-25(15-20)27-19-40(5)30(43)42(27)23-6-7-26(24(17-23)32(33,34)35)41-12-10-39(4)11-13-41/h6-9,14-19H,10-13H2,1-5H3,(H,37,38). The van der Waals surface area contributed by atoms with Crippen molar-refractivity contribution in [2.24, 2.45) is 7.05 Å². The molecule has 6 rings (SSSR count). The number of benzene rings is 1. The van der Waals surface area contributed by atoms with Gasteiger partial charge < -0.3 is 19.4 Å². The molecule has 8 nitrogen and oxygen atoms in total. The van der Waals surface area contributed by atoms with E-state index in [1.807, 2.05) is 25.2 Å². The first-order valence-electron chi connectivity index (χ1n) is 14.2. The highest BCUT2D eigenvalue weighted by Gasteiger charge is 2.36. The van der Waals surface area contributed by atoms with Gasteiger partial charge in [0.2, 0.25) is 0 Å². The Morgan fingerprint density at radius 2 is 1.63 bits per heavy atom. The Labute approximate surface area is 247 Å². The van der Waals surface area contributed by atoms with Crippen LogP contribution in [0.15, 0.2) is 65.8 Å². The van der Waals surface area contributed by atoms with Gasteiger partial charge in [0.25, 0.3) is 0 Å². The number of anilines is 1. The number of rotatable bonds is 4. The molecule has 4 aromatic heterocycles. The number of likely N-dealkylation sites (N-methyl/N-ethyl adjacent to an activating group) is 1. The molecule has 5 heterocycles. The van der Waals surface area contributed by atoms with E-state index in [0.29, 0.717) is 37.6 Å². The van der Waals surface area contributed by atoms with E-state index in [9.17, 15) is 18.0 Å². The monoisotopic (exact) mass is 589 g/mol. The number of imidazole rings is 1. The van der Waals surface area contributed by atoms with Crippen LogP contribution >= 0.6 is 0 Å². The van der Waals surface area contributed by atoms with E-state index >= 15 is 0 Å². The summed E-state index contributed by atoms with van der Waals surface area (Å²) in [6.45, 7) is 8.72. The van der Waals surface area contributed by atoms with Crippen LogP contribution in [0.2, 0.25) is 0 Å². The zero-order valence-corrected chi connectivity index (χ0v) is 24.8. The maximum Gasteiger partial charge on any atom is 0.418 e. The van der Waals surface area contributed by atoms with Gasteiger partial charge in [0.15, 0.2) is 0 Å². The van der Waals surface area contributed by atoms with Gasteiger partial charge in [-0.25, -0.2) is 9.78 Å². The Morgan fingerprint density at radius 3 is 2.33 bits per heavy atom. The summed E-state index contributed by atoms with van der Waals surface area (Å²) in [5.41, 5.74) is 3.35. The van der Waals surface area contributed by atoms with Crippen LogP contribution < -0.4 is 10.6 Å². The van der Waals surface area contributed by atoms with Crippen molar-refractivity contribution < 1.29 is 13.2 Å². The lowest BCUT2D eigenvalue weighted by atomic mass is 9.92. The first-order chi connectivity index (χ1) is 20.3. The summed E-state index contributed by atoms with van der Waals surface area (Å²) >= 11 is 0. The summed E-state index contributed by atoms with van der Waals surface area (Å²) < 4.78 is 45.8. The molecule has 43 heavy (non-hydrogen) atoms. The zero-order valence-electron chi connectivity index (χ0n) is 24.8. The number of nitrogens with zero attached hydrogens (tertiary/aromatic N) is 6. The Bertz CT molecular complexity index is 1870. The van der Waals surface area contributed by atoms with E-state index in [2.05, 4.69) is 46.7 Å². The summed E-state index contributed by atoms with van der Waals surface area (Å²) in [6.07, 6.45) is 0.405. The second kappa shape index (κ2) is 10.4. The average molecular weight is 590 g/mol. The minimum absolute atomic E-state index is 0.0592. The van der Waals surface area contributed by atoms with Crippen molar-refractivity contribution >= 4 is 16.7 Å². The molecular weight excluding hydrogens is 555 g/mol. The second-order valence-electron chi connectivity index (χ2n) is 12.3. The number of hydrogen-bond acceptors (Lipinski definition) is 5. The van der Waals surface area contributed by atoms with Crippen LogP contribution in [0.1, 0.15) is 32.0 Å². The molecule has 0 bridgehead atoms. The highest BCUT2D eigenvalue weighted by atomic mass is 19.4. The molecule has 1 aliphatic heterocycles. The summed E-state index contributed by atoms with van der Waals surface area (Å²) in [4.78, 5) is 29.7. The van der Waals surface area contributed by atoms with Crippen LogP contribution in [0.5, 0.6) is 0 Å². The fraction of sp³-hybridized carbons (Fsp3) is 0.344. The smallest absolute Gasteiger partial charge is 0.368 e. The average Bonchev–Trinajstić information content (AvgIpc) is 3.53. The topological polar surface area (TPSA) is 75.0 Å². The molecule has 0 atom stereocenters. The Kier molecular flexibility index (Phi) is 6.95. The van der Waals surface area contributed by atoms with Crippen molar-refractivity contribution in [3.05, 3.63) is 82.8 Å². The number of aryl methyl sites for hydroxylation is 1. The maximum atomic E-state index is 14.4. The summed E-state index contributed by atoms with van der Waals surface area (Å²) in [7, 11) is 3.53. The number of hydrogen-bond donors (Lipinski definition) is 1. The molecular formula is C32H34F3N7O. The molecule has 1 fully saturated rings. The summed E-state index contributed by atoms with van der Waals surface area (Å²) in [5, 5.41) is 0.970. The molecule has 0 unspecified atom stereocenters. The Hall–Kier alpha value is -4.38. The summed E-state index contributed by atoms with van der Waals surface area (Å²) in [5.74, 6) is 0. The van der Waals surface area contributed by atoms with Gasteiger partial charge in [-0.3, -0.25) is 9.55 Å². The van der Waals surface area contributed by atoms with E-state index in [1.54, 1.807) is 36.6 Å². The molecule has 0 spiro atoms. The molecule has 0 radical (unpaired) electrons. The number of alkyl halides is 3. The predicted molar refractivity (Wildman–Crippen MR) is 163 cm³/mol. The maximum absolute atomic E-state index is 14.4. The second-order valence-corrected chi connectivity index (χ2v) is 12.3. The van der Waals surface area contributed by atoms with Crippen molar-refractivity contribution in [3.63, 3.8) is 0 Å². The first kappa shape index (κ1) is 28.7. The van der Waals surface area contributed by atoms with Gasteiger partial charge in [-0.15, -0.1) is 0 Å². The predicted octanol–water partition coefficient (Wildman–Crippen LogP) is 5.85. The molecule has 1 saturated heterocycles. The SMILES string of the molecule is CN1CCN(c2ccc(-n3c(-c4cc(-c5cnc6[nH]c(C(C)(C)C)cc6c5)ccn4)cn(C)c3=O)cc2C(F)(F)F)CC1. The molecule has 5 aromatic rings. The van der Waals surface area contributed by atoms with Crippen molar-refractivity contribution in [3.8, 4) is 28.2 Å². The van der Waals surface area contributed by atoms with E-state index in [4.69, 9.17) is 0 Å². The van der Waals surface area contributed by atoms with Gasteiger partial charge in [0, 0.05) is 79.6 Å². The number of fused-ring (bicyclic) bond motifs is 1. The minimum Gasteiger partial charge on any atom is -0.368 e. The van der Waals surface area contributed by atoms with E-state index in [1.165, 1.54) is 15.2 Å². The lowest BCUT2D eigenvalue weighted by Crippen LogP contribution is -2.45. The molecule has 0 amide bonds. The molecule has 0 saturated carbocycles. The lowest BCUT2D eigenvalue weighted by molar-refractivity contribution is -0.137. The van der Waals surface area contributed by atoms with Gasteiger partial charge in [0.05, 0.1) is 22.6 Å². The molecule has 224 valence electrons. The van der Waals surface area contributed by atoms with Crippen molar-refractivity contribution in [2.45, 2.75) is 32.4 Å². The van der Waals surface area contributed by atoms with Crippen LogP contribution in [0.4, 0.5) is 18.9 Å². The Morgan fingerprint density at radius 1 is 0.884 bits per heavy atom. The third-order valence-electron chi connectivity index (χ3n) is 8.07. The minimum atomic E-state index is -4.60. The number of pyridine rings is 2. The number of nitrogens with one attached hydrogen (secondary N) is 1. The number of aromatic amines is 1. The summed E-state index contributed by atoms with van der Waals surface area (Å²) in [6, 6.07) is 11.9. The molecule has 0 aliphatic carbocycles. The highest BCUT2D eigenvalue weighted by Crippen LogP contribution is 2.39. The van der Waals surface area contributed by atoms with Crippen LogP contribution in [0, 0.1) is 0 Å². The van der Waals surface area contributed by atoms with Crippen molar-refractivity contribution in [1.82, 2.24) is 29.0 Å². The molecule has 1 aromatic carbocycles. The van der Waals surface area contributed by atoms with Crippen LogP contribution in [-0.4, -0.2) is 62.2 Å². The quantitative estimate of drug-likeness (QED) is 0.285. The third-order valence-corrected chi connectivity index (χ3v) is 8.07. The Balaban J connectivity index is 1.42. The van der Waals surface area contributed by atoms with E-state index in [0.717, 1.165) is 33.9 Å². The van der Waals surface area contributed by atoms with Gasteiger partial charge >= 0.3 is 11.9 Å².